The van der Waals surface area contributed by atoms with Gasteiger partial charge in [0.1, 0.15) is 5.82 Å². The van der Waals surface area contributed by atoms with Crippen LogP contribution >= 0.6 is 0 Å². The van der Waals surface area contributed by atoms with E-state index in [2.05, 4.69) is 39.7 Å². The molecule has 0 bridgehead atoms. The summed E-state index contributed by atoms with van der Waals surface area (Å²) in [6.45, 7) is 4.35. The van der Waals surface area contributed by atoms with Crippen LogP contribution in [0.25, 0.3) is 0 Å². The second-order valence-corrected chi connectivity index (χ2v) is 10.4. The van der Waals surface area contributed by atoms with E-state index >= 15 is 0 Å². The number of piperidine rings is 1. The van der Waals surface area contributed by atoms with E-state index in [1.165, 1.54) is 11.1 Å². The van der Waals surface area contributed by atoms with Gasteiger partial charge in [-0.15, -0.1) is 0 Å². The first-order valence-electron chi connectivity index (χ1n) is 12.9. The number of likely N-dealkylation sites (tertiary alicyclic amines) is 1. The van der Waals surface area contributed by atoms with E-state index in [1.807, 2.05) is 28.8 Å². The van der Waals surface area contributed by atoms with Crippen LogP contribution in [-0.2, 0) is 30.6 Å². The Labute approximate surface area is 210 Å². The van der Waals surface area contributed by atoms with Gasteiger partial charge in [0.25, 0.3) is 5.91 Å². The molecule has 0 spiro atoms. The Balaban J connectivity index is 1.01. The molecule has 8 nitrogen and oxygen atoms in total. The number of nitrogen functional groups attached to an aromatic ring is 1. The number of nitrogens with zero attached hydrogens (tertiary/aromatic N) is 4. The van der Waals surface area contributed by atoms with Crippen molar-refractivity contribution in [3.8, 4) is 0 Å². The molecule has 2 aromatic heterocycles. The molecule has 2 aliphatic carbocycles. The van der Waals surface area contributed by atoms with Crippen LogP contribution in [0.5, 0.6) is 0 Å². The van der Waals surface area contributed by atoms with Crippen molar-refractivity contribution in [2.24, 2.45) is 11.8 Å². The summed E-state index contributed by atoms with van der Waals surface area (Å²) in [5, 5.41) is 7.72. The van der Waals surface area contributed by atoms with Gasteiger partial charge < -0.3 is 16.0 Å². The molecule has 36 heavy (non-hydrogen) atoms. The Bertz CT molecular complexity index is 1310. The van der Waals surface area contributed by atoms with E-state index in [0.717, 1.165) is 62.1 Å². The summed E-state index contributed by atoms with van der Waals surface area (Å²) in [6, 6.07) is 12.3. The first-order valence-corrected chi connectivity index (χ1v) is 12.9. The molecule has 1 saturated carbocycles. The number of nitrogens with two attached hydrogens (primary N) is 1. The largest absolute Gasteiger partial charge is 0.384 e. The van der Waals surface area contributed by atoms with Crippen LogP contribution < -0.4 is 11.1 Å². The van der Waals surface area contributed by atoms with Crippen molar-refractivity contribution in [3.63, 3.8) is 0 Å². The number of amides is 2. The van der Waals surface area contributed by atoms with Crippen LogP contribution in [-0.4, -0.2) is 44.6 Å². The van der Waals surface area contributed by atoms with Crippen LogP contribution in [0.2, 0.25) is 0 Å². The minimum atomic E-state index is -0.105. The van der Waals surface area contributed by atoms with E-state index in [9.17, 15) is 9.59 Å². The molecule has 8 heteroatoms. The molecule has 0 radical (unpaired) electrons. The lowest BCUT2D eigenvalue weighted by Crippen LogP contribution is -2.30. The van der Waals surface area contributed by atoms with Gasteiger partial charge in [0.05, 0.1) is 17.3 Å². The van der Waals surface area contributed by atoms with Crippen LogP contribution in [0.3, 0.4) is 0 Å². The quantitative estimate of drug-likeness (QED) is 0.511. The van der Waals surface area contributed by atoms with E-state index in [1.54, 1.807) is 6.07 Å². The average molecular weight is 485 g/mol. The number of hydrogen-bond donors (Lipinski definition) is 2. The fraction of sp³-hybridized carbons (Fsp3) is 0.429. The molecule has 2 fully saturated rings. The second kappa shape index (κ2) is 9.08. The molecule has 3 aliphatic rings. The zero-order valence-electron chi connectivity index (χ0n) is 20.6. The van der Waals surface area contributed by atoms with Gasteiger partial charge in [-0.1, -0.05) is 30.3 Å². The van der Waals surface area contributed by atoms with E-state index < -0.39 is 0 Å². The van der Waals surface area contributed by atoms with E-state index in [0.29, 0.717) is 35.7 Å². The van der Waals surface area contributed by atoms with Gasteiger partial charge in [0, 0.05) is 37.4 Å². The molecule has 2 amide bonds. The van der Waals surface area contributed by atoms with Gasteiger partial charge in [-0.3, -0.25) is 14.3 Å². The zero-order valence-corrected chi connectivity index (χ0v) is 20.6. The Morgan fingerprint density at radius 2 is 1.86 bits per heavy atom. The van der Waals surface area contributed by atoms with Gasteiger partial charge >= 0.3 is 0 Å². The molecule has 1 aliphatic heterocycles. The Hall–Kier alpha value is -3.68. The summed E-state index contributed by atoms with van der Waals surface area (Å²) in [7, 11) is 0. The number of fused-ring (bicyclic) bond motifs is 2. The van der Waals surface area contributed by atoms with E-state index in [4.69, 9.17) is 5.73 Å². The highest BCUT2D eigenvalue weighted by Crippen LogP contribution is 2.45. The standard InChI is InChI=1S/C28H32N6O2/c1-17-23(27(35)31-25-8-7-24-21(25)6-9-26(29)30-24)16-34(32-17)13-11-19-4-2-18(3-5-19)10-12-33-15-20-14-22(20)28(33)36/h2-6,9,16,20,22,25H,7-8,10-15H2,1H3,(H2,29,30)(H,31,35). The van der Waals surface area contributed by atoms with Gasteiger partial charge in [-0.25, -0.2) is 4.98 Å². The summed E-state index contributed by atoms with van der Waals surface area (Å²) in [4.78, 5) is 31.5. The number of rotatable bonds is 8. The molecule has 1 aromatic carbocycles. The minimum Gasteiger partial charge on any atom is -0.384 e. The zero-order chi connectivity index (χ0) is 24.8. The lowest BCUT2D eigenvalue weighted by atomic mass is 10.1. The number of pyridine rings is 1. The van der Waals surface area contributed by atoms with Crippen LogP contribution in [0.15, 0.2) is 42.6 Å². The monoisotopic (exact) mass is 484 g/mol. The number of carbonyl (C=O) groups excluding carboxylic acids is 2. The third-order valence-corrected chi connectivity index (χ3v) is 7.90. The fourth-order valence-electron chi connectivity index (χ4n) is 5.67. The van der Waals surface area contributed by atoms with Crippen molar-refractivity contribution in [1.82, 2.24) is 25.0 Å². The van der Waals surface area contributed by atoms with Crippen molar-refractivity contribution >= 4 is 17.6 Å². The Kier molecular flexibility index (Phi) is 5.74. The predicted octanol–water partition coefficient (Wildman–Crippen LogP) is 2.85. The summed E-state index contributed by atoms with van der Waals surface area (Å²) < 4.78 is 1.85. The third-order valence-electron chi connectivity index (χ3n) is 7.90. The number of aromatic nitrogens is 3. The summed E-state index contributed by atoms with van der Waals surface area (Å²) in [5.74, 6) is 1.73. The van der Waals surface area contributed by atoms with E-state index in [-0.39, 0.29) is 11.9 Å². The number of hydrogen-bond acceptors (Lipinski definition) is 5. The topological polar surface area (TPSA) is 106 Å². The Morgan fingerprint density at radius 3 is 2.58 bits per heavy atom. The molecule has 3 N–H and O–H groups in total. The highest BCUT2D eigenvalue weighted by atomic mass is 16.2. The van der Waals surface area contributed by atoms with Crippen LogP contribution in [0.4, 0.5) is 5.82 Å². The second-order valence-electron chi connectivity index (χ2n) is 10.4. The molecular formula is C28H32N6O2. The van der Waals surface area contributed by atoms with Crippen molar-refractivity contribution in [3.05, 3.63) is 76.2 Å². The van der Waals surface area contributed by atoms with Crippen molar-refractivity contribution in [1.29, 1.82) is 0 Å². The smallest absolute Gasteiger partial charge is 0.255 e. The summed E-state index contributed by atoms with van der Waals surface area (Å²) in [5.41, 5.74) is 11.6. The lowest BCUT2D eigenvalue weighted by Gasteiger charge is -2.18. The van der Waals surface area contributed by atoms with Gasteiger partial charge in [0.2, 0.25) is 5.91 Å². The average Bonchev–Trinajstić information content (AvgIpc) is 3.22. The minimum absolute atomic E-state index is 0.0452. The number of benzene rings is 1. The highest BCUT2D eigenvalue weighted by molar-refractivity contribution is 5.95. The molecule has 3 atom stereocenters. The maximum atomic E-state index is 13.0. The number of aryl methyl sites for hydroxylation is 4. The van der Waals surface area contributed by atoms with Crippen molar-refractivity contribution < 1.29 is 9.59 Å². The SMILES string of the molecule is Cc1nn(CCc2ccc(CCN3CC4CC4C3=O)cc2)cc1C(=O)NC1CCc2nc(N)ccc21. The fourth-order valence-corrected chi connectivity index (χ4v) is 5.67. The number of anilines is 1. The summed E-state index contributed by atoms with van der Waals surface area (Å²) >= 11 is 0. The van der Waals surface area contributed by atoms with Gasteiger partial charge in [-0.2, -0.15) is 5.10 Å². The summed E-state index contributed by atoms with van der Waals surface area (Å²) in [6.07, 6.45) is 6.33. The predicted molar refractivity (Wildman–Crippen MR) is 136 cm³/mol. The number of carbonyl (C=O) groups is 2. The Morgan fingerprint density at radius 1 is 1.11 bits per heavy atom. The molecule has 3 unspecified atom stereocenters. The molecule has 1 saturated heterocycles. The maximum absolute atomic E-state index is 13.0. The molecule has 186 valence electrons. The van der Waals surface area contributed by atoms with Gasteiger partial charge in [0.15, 0.2) is 0 Å². The highest BCUT2D eigenvalue weighted by Gasteiger charge is 2.51. The normalized spacial score (nSPS) is 22.0. The number of nitrogens with one attached hydrogen (secondary N) is 1. The van der Waals surface area contributed by atoms with Crippen LogP contribution in [0.1, 0.15) is 57.3 Å². The third kappa shape index (κ3) is 4.47. The van der Waals surface area contributed by atoms with Crippen LogP contribution in [0, 0.1) is 18.8 Å². The molecule has 3 heterocycles. The first-order chi connectivity index (χ1) is 17.4. The van der Waals surface area contributed by atoms with Crippen molar-refractivity contribution in [2.75, 3.05) is 18.8 Å². The maximum Gasteiger partial charge on any atom is 0.255 e. The molecular weight excluding hydrogens is 452 g/mol. The molecule has 6 rings (SSSR count). The van der Waals surface area contributed by atoms with Crippen molar-refractivity contribution in [2.45, 2.75) is 51.6 Å². The lowest BCUT2D eigenvalue weighted by molar-refractivity contribution is -0.129. The van der Waals surface area contributed by atoms with Gasteiger partial charge in [-0.05, 0) is 67.7 Å². The molecule has 3 aromatic rings. The first kappa shape index (κ1) is 22.8.